The lowest BCUT2D eigenvalue weighted by atomic mass is 10.1. The number of hydrogen-bond donors (Lipinski definition) is 0. The Hall–Kier alpha value is -3.55. The summed E-state index contributed by atoms with van der Waals surface area (Å²) in [6.07, 6.45) is -4.64. The van der Waals surface area contributed by atoms with Crippen LogP contribution in [0.3, 0.4) is 0 Å². The molecule has 2 heterocycles. The standard InChI is InChI=1S/C27H18Cl2F3N3O/c1-16-25(18-6-10-20(28)11-7-18)26-33-23(14-24(27(30,31)32)35(26)34-16)17-8-12-21(13-9-17)36-15-19-4-2-3-5-22(19)29/h2-14H,15H2,1H3. The fourth-order valence-corrected chi connectivity index (χ4v) is 4.24. The van der Waals surface area contributed by atoms with Crippen molar-refractivity contribution in [3.8, 4) is 28.1 Å². The monoisotopic (exact) mass is 527 g/mol. The van der Waals surface area contributed by atoms with E-state index in [1.54, 1.807) is 61.5 Å². The largest absolute Gasteiger partial charge is 0.489 e. The molecule has 5 aromatic rings. The first-order chi connectivity index (χ1) is 17.2. The molecule has 0 N–H and O–H groups in total. The Bertz CT molecular complexity index is 1550. The summed E-state index contributed by atoms with van der Waals surface area (Å²) in [5.41, 5.74) is 2.32. The molecule has 0 saturated carbocycles. The zero-order valence-corrected chi connectivity index (χ0v) is 20.4. The van der Waals surface area contributed by atoms with Crippen molar-refractivity contribution in [1.29, 1.82) is 0 Å². The number of halogens is 5. The van der Waals surface area contributed by atoms with Gasteiger partial charge < -0.3 is 4.74 Å². The van der Waals surface area contributed by atoms with Gasteiger partial charge in [-0.15, -0.1) is 0 Å². The molecule has 5 rings (SSSR count). The summed E-state index contributed by atoms with van der Waals surface area (Å²) in [6.45, 7) is 1.92. The van der Waals surface area contributed by atoms with Crippen molar-refractivity contribution in [3.63, 3.8) is 0 Å². The van der Waals surface area contributed by atoms with Crippen LogP contribution in [0, 0.1) is 6.92 Å². The van der Waals surface area contributed by atoms with Crippen LogP contribution in [0.2, 0.25) is 10.0 Å². The maximum Gasteiger partial charge on any atom is 0.433 e. The van der Waals surface area contributed by atoms with Gasteiger partial charge in [-0.05, 0) is 61.0 Å². The van der Waals surface area contributed by atoms with E-state index in [4.69, 9.17) is 27.9 Å². The van der Waals surface area contributed by atoms with Crippen molar-refractivity contribution < 1.29 is 17.9 Å². The molecule has 0 spiro atoms. The van der Waals surface area contributed by atoms with Gasteiger partial charge in [0.1, 0.15) is 12.4 Å². The third-order valence-electron chi connectivity index (χ3n) is 5.69. The number of hydrogen-bond acceptors (Lipinski definition) is 3. The highest BCUT2D eigenvalue weighted by Crippen LogP contribution is 2.36. The Kier molecular flexibility index (Phi) is 6.36. The van der Waals surface area contributed by atoms with Gasteiger partial charge in [0.15, 0.2) is 11.3 Å². The first kappa shape index (κ1) is 24.2. The van der Waals surface area contributed by atoms with Crippen LogP contribution in [0.4, 0.5) is 13.2 Å². The Morgan fingerprint density at radius 3 is 2.22 bits per heavy atom. The minimum absolute atomic E-state index is 0.110. The van der Waals surface area contributed by atoms with Gasteiger partial charge in [-0.2, -0.15) is 18.3 Å². The first-order valence-electron chi connectivity index (χ1n) is 10.9. The summed E-state index contributed by atoms with van der Waals surface area (Å²) in [7, 11) is 0. The third kappa shape index (κ3) is 4.76. The van der Waals surface area contributed by atoms with Crippen LogP contribution in [0.1, 0.15) is 17.0 Å². The molecule has 0 aliphatic rings. The molecular formula is C27H18Cl2F3N3O. The highest BCUT2D eigenvalue weighted by atomic mass is 35.5. The highest BCUT2D eigenvalue weighted by molar-refractivity contribution is 6.31. The quantitative estimate of drug-likeness (QED) is 0.231. The lowest BCUT2D eigenvalue weighted by Gasteiger charge is -2.12. The predicted molar refractivity (Wildman–Crippen MR) is 134 cm³/mol. The number of benzene rings is 3. The Labute approximate surface area is 214 Å². The zero-order chi connectivity index (χ0) is 25.4. The SMILES string of the molecule is Cc1nn2c(C(F)(F)F)cc(-c3ccc(OCc4ccccc4Cl)cc3)nc2c1-c1ccc(Cl)cc1. The molecule has 0 saturated heterocycles. The van der Waals surface area contributed by atoms with E-state index in [1.165, 1.54) is 0 Å². The summed E-state index contributed by atoms with van der Waals surface area (Å²) in [4.78, 5) is 4.58. The lowest BCUT2D eigenvalue weighted by Crippen LogP contribution is -2.13. The average molecular weight is 528 g/mol. The van der Waals surface area contributed by atoms with Gasteiger partial charge in [0.2, 0.25) is 0 Å². The molecule has 0 fully saturated rings. The summed E-state index contributed by atoms with van der Waals surface area (Å²) in [6, 6.07) is 21.9. The van der Waals surface area contributed by atoms with E-state index in [2.05, 4.69) is 10.1 Å². The summed E-state index contributed by atoms with van der Waals surface area (Å²) in [5, 5.41) is 5.28. The normalized spacial score (nSPS) is 11.7. The van der Waals surface area contributed by atoms with E-state index in [1.807, 2.05) is 18.2 Å². The van der Waals surface area contributed by atoms with E-state index in [9.17, 15) is 13.2 Å². The molecule has 0 aliphatic heterocycles. The van der Waals surface area contributed by atoms with Crippen LogP contribution in [0.15, 0.2) is 78.9 Å². The second-order valence-electron chi connectivity index (χ2n) is 8.13. The second-order valence-corrected chi connectivity index (χ2v) is 8.98. The van der Waals surface area contributed by atoms with Gasteiger partial charge in [-0.25, -0.2) is 9.50 Å². The Morgan fingerprint density at radius 2 is 1.56 bits per heavy atom. The molecule has 36 heavy (non-hydrogen) atoms. The molecule has 3 aromatic carbocycles. The molecule has 9 heteroatoms. The van der Waals surface area contributed by atoms with Crippen molar-refractivity contribution in [2.45, 2.75) is 19.7 Å². The van der Waals surface area contributed by atoms with Gasteiger partial charge in [-0.1, -0.05) is 53.5 Å². The van der Waals surface area contributed by atoms with Gasteiger partial charge in [-0.3, -0.25) is 0 Å². The maximum atomic E-state index is 14.0. The van der Waals surface area contributed by atoms with Crippen molar-refractivity contribution in [2.75, 3.05) is 0 Å². The number of alkyl halides is 3. The topological polar surface area (TPSA) is 39.4 Å². The molecule has 0 amide bonds. The summed E-state index contributed by atoms with van der Waals surface area (Å²) >= 11 is 12.2. The lowest BCUT2D eigenvalue weighted by molar-refractivity contribution is -0.142. The van der Waals surface area contributed by atoms with E-state index in [-0.39, 0.29) is 17.9 Å². The Morgan fingerprint density at radius 1 is 0.889 bits per heavy atom. The van der Waals surface area contributed by atoms with Crippen LogP contribution in [0.25, 0.3) is 28.0 Å². The highest BCUT2D eigenvalue weighted by Gasteiger charge is 2.36. The summed E-state index contributed by atoms with van der Waals surface area (Å²) < 4.78 is 48.7. The van der Waals surface area contributed by atoms with Crippen LogP contribution >= 0.6 is 23.2 Å². The van der Waals surface area contributed by atoms with Crippen molar-refractivity contribution >= 4 is 28.8 Å². The van der Waals surface area contributed by atoms with Crippen molar-refractivity contribution in [1.82, 2.24) is 14.6 Å². The van der Waals surface area contributed by atoms with Crippen molar-refractivity contribution in [3.05, 3.63) is 106 Å². The predicted octanol–water partition coefficient (Wildman–Crippen LogP) is 8.28. The van der Waals surface area contributed by atoms with Gasteiger partial charge in [0.25, 0.3) is 0 Å². The molecule has 0 unspecified atom stereocenters. The molecule has 4 nitrogen and oxygen atoms in total. The molecule has 0 radical (unpaired) electrons. The molecule has 182 valence electrons. The van der Waals surface area contributed by atoms with Crippen LogP contribution in [0.5, 0.6) is 5.75 Å². The fraction of sp³-hybridized carbons (Fsp3) is 0.111. The number of aromatic nitrogens is 3. The number of ether oxygens (including phenoxy) is 1. The van der Waals surface area contributed by atoms with Gasteiger partial charge >= 0.3 is 6.18 Å². The minimum atomic E-state index is -4.64. The van der Waals surface area contributed by atoms with E-state index < -0.39 is 11.9 Å². The third-order valence-corrected chi connectivity index (χ3v) is 6.31. The number of rotatable bonds is 5. The zero-order valence-electron chi connectivity index (χ0n) is 18.9. The van der Waals surface area contributed by atoms with E-state index in [0.717, 1.165) is 16.1 Å². The molecule has 2 aromatic heterocycles. The van der Waals surface area contributed by atoms with E-state index in [0.29, 0.717) is 38.2 Å². The number of aryl methyl sites for hydroxylation is 1. The van der Waals surface area contributed by atoms with Gasteiger partial charge in [0, 0.05) is 26.7 Å². The molecular weight excluding hydrogens is 510 g/mol. The number of fused-ring (bicyclic) bond motifs is 1. The van der Waals surface area contributed by atoms with Crippen LogP contribution < -0.4 is 4.74 Å². The summed E-state index contributed by atoms with van der Waals surface area (Å²) in [5.74, 6) is 0.554. The minimum Gasteiger partial charge on any atom is -0.489 e. The molecule has 0 bridgehead atoms. The Balaban J connectivity index is 1.54. The van der Waals surface area contributed by atoms with Crippen LogP contribution in [-0.2, 0) is 12.8 Å². The smallest absolute Gasteiger partial charge is 0.433 e. The van der Waals surface area contributed by atoms with Crippen molar-refractivity contribution in [2.24, 2.45) is 0 Å². The van der Waals surface area contributed by atoms with Crippen LogP contribution in [-0.4, -0.2) is 14.6 Å². The molecule has 0 atom stereocenters. The fourth-order valence-electron chi connectivity index (χ4n) is 3.93. The second kappa shape index (κ2) is 9.48. The average Bonchev–Trinajstić information content (AvgIpc) is 3.18. The van der Waals surface area contributed by atoms with E-state index >= 15 is 0 Å². The maximum absolute atomic E-state index is 14.0. The van der Waals surface area contributed by atoms with Gasteiger partial charge in [0.05, 0.1) is 11.4 Å². The number of nitrogens with zero attached hydrogens (tertiary/aromatic N) is 3. The first-order valence-corrected chi connectivity index (χ1v) is 11.7. The molecule has 0 aliphatic carbocycles.